The van der Waals surface area contributed by atoms with E-state index in [9.17, 15) is 14.9 Å². The van der Waals surface area contributed by atoms with Crippen LogP contribution in [0, 0.1) is 10.1 Å². The van der Waals surface area contributed by atoms with Crippen molar-refractivity contribution in [1.29, 1.82) is 0 Å². The zero-order valence-corrected chi connectivity index (χ0v) is 13.3. The topological polar surface area (TPSA) is 100 Å². The first kappa shape index (κ1) is 16.3. The first-order chi connectivity index (χ1) is 12.1. The number of ether oxygens (including phenoxy) is 1. The second kappa shape index (κ2) is 6.91. The molecule has 0 atom stereocenters. The maximum atomic E-state index is 11.7. The van der Waals surface area contributed by atoms with Gasteiger partial charge in [-0.05, 0) is 24.3 Å². The molecule has 0 aliphatic carbocycles. The highest BCUT2D eigenvalue weighted by atomic mass is 16.6. The summed E-state index contributed by atoms with van der Waals surface area (Å²) >= 11 is 0. The zero-order chi connectivity index (χ0) is 17.8. The number of methoxy groups -OCH3 is 1. The van der Waals surface area contributed by atoms with Gasteiger partial charge in [0.15, 0.2) is 5.82 Å². The number of benzene rings is 2. The smallest absolute Gasteiger partial charge is 0.313 e. The SMILES string of the molecule is COC(=O)Cc1nc(-c2ccc([N+](=O)[O-])cc2)nn1-c1ccccc1. The molecule has 2 aromatic carbocycles. The highest BCUT2D eigenvalue weighted by Crippen LogP contribution is 2.21. The molecule has 0 N–H and O–H groups in total. The predicted molar refractivity (Wildman–Crippen MR) is 89.2 cm³/mol. The van der Waals surface area contributed by atoms with E-state index in [2.05, 4.69) is 10.1 Å². The van der Waals surface area contributed by atoms with Crippen LogP contribution in [0.1, 0.15) is 5.82 Å². The summed E-state index contributed by atoms with van der Waals surface area (Å²) in [7, 11) is 1.31. The van der Waals surface area contributed by atoms with E-state index in [4.69, 9.17) is 4.74 Å². The van der Waals surface area contributed by atoms with E-state index in [1.165, 1.54) is 19.2 Å². The zero-order valence-electron chi connectivity index (χ0n) is 13.3. The van der Waals surface area contributed by atoms with Crippen LogP contribution in [0.4, 0.5) is 5.69 Å². The van der Waals surface area contributed by atoms with Crippen LogP contribution in [0.15, 0.2) is 54.6 Å². The normalized spacial score (nSPS) is 10.4. The molecule has 0 amide bonds. The molecule has 0 radical (unpaired) electrons. The van der Waals surface area contributed by atoms with E-state index in [0.29, 0.717) is 17.2 Å². The lowest BCUT2D eigenvalue weighted by Crippen LogP contribution is -2.11. The Morgan fingerprint density at radius 3 is 2.44 bits per heavy atom. The number of esters is 1. The van der Waals surface area contributed by atoms with Crippen molar-refractivity contribution in [1.82, 2.24) is 14.8 Å². The molecule has 8 heteroatoms. The van der Waals surface area contributed by atoms with Crippen molar-refractivity contribution in [3.8, 4) is 17.1 Å². The highest BCUT2D eigenvalue weighted by molar-refractivity contribution is 5.72. The van der Waals surface area contributed by atoms with Gasteiger partial charge in [-0.25, -0.2) is 9.67 Å². The van der Waals surface area contributed by atoms with Crippen LogP contribution in [0.25, 0.3) is 17.1 Å². The van der Waals surface area contributed by atoms with Crippen LogP contribution in [-0.4, -0.2) is 32.8 Å². The molecule has 3 aromatic rings. The van der Waals surface area contributed by atoms with E-state index >= 15 is 0 Å². The molecule has 1 aromatic heterocycles. The van der Waals surface area contributed by atoms with Gasteiger partial charge in [0.2, 0.25) is 0 Å². The second-order valence-electron chi connectivity index (χ2n) is 5.16. The number of hydrogen-bond acceptors (Lipinski definition) is 6. The molecule has 8 nitrogen and oxygen atoms in total. The first-order valence-corrected chi connectivity index (χ1v) is 7.41. The number of rotatable bonds is 5. The van der Waals surface area contributed by atoms with Gasteiger partial charge in [0.05, 0.1) is 17.7 Å². The standard InChI is InChI=1S/C17H14N4O4/c1-25-16(22)11-15-18-17(12-7-9-14(10-8-12)21(23)24)19-20(15)13-5-3-2-4-6-13/h2-10H,11H2,1H3. The molecule has 0 aliphatic rings. The molecule has 3 rings (SSSR count). The Balaban J connectivity index is 2.03. The van der Waals surface area contributed by atoms with Gasteiger partial charge in [0.25, 0.3) is 5.69 Å². The molecular weight excluding hydrogens is 324 g/mol. The fraction of sp³-hybridized carbons (Fsp3) is 0.118. The van der Waals surface area contributed by atoms with Crippen LogP contribution in [-0.2, 0) is 16.0 Å². The Morgan fingerprint density at radius 1 is 1.16 bits per heavy atom. The fourth-order valence-electron chi connectivity index (χ4n) is 2.29. The summed E-state index contributed by atoms with van der Waals surface area (Å²) in [6, 6.07) is 15.2. The first-order valence-electron chi connectivity index (χ1n) is 7.41. The lowest BCUT2D eigenvalue weighted by Gasteiger charge is -2.04. The highest BCUT2D eigenvalue weighted by Gasteiger charge is 2.17. The summed E-state index contributed by atoms with van der Waals surface area (Å²) < 4.78 is 6.27. The number of nitro groups is 1. The van der Waals surface area contributed by atoms with Crippen molar-refractivity contribution in [3.05, 3.63) is 70.5 Å². The Labute approximate surface area is 142 Å². The van der Waals surface area contributed by atoms with E-state index in [1.54, 1.807) is 16.8 Å². The minimum absolute atomic E-state index is 0.0129. The van der Waals surface area contributed by atoms with Crippen molar-refractivity contribution >= 4 is 11.7 Å². The lowest BCUT2D eigenvalue weighted by molar-refractivity contribution is -0.384. The van der Waals surface area contributed by atoms with E-state index in [0.717, 1.165) is 5.69 Å². The van der Waals surface area contributed by atoms with Crippen molar-refractivity contribution in [3.63, 3.8) is 0 Å². The van der Waals surface area contributed by atoms with Gasteiger partial charge in [-0.3, -0.25) is 14.9 Å². The minimum Gasteiger partial charge on any atom is -0.469 e. The molecule has 0 saturated heterocycles. The number of para-hydroxylation sites is 1. The van der Waals surface area contributed by atoms with Gasteiger partial charge in [-0.1, -0.05) is 18.2 Å². The molecule has 0 saturated carbocycles. The minimum atomic E-state index is -0.470. The van der Waals surface area contributed by atoms with E-state index in [-0.39, 0.29) is 12.1 Å². The number of non-ortho nitro benzene ring substituents is 1. The van der Waals surface area contributed by atoms with Gasteiger partial charge in [0, 0.05) is 17.7 Å². The Bertz CT molecular complexity index is 904. The number of carbonyl (C=O) groups is 1. The number of nitrogens with zero attached hydrogens (tertiary/aromatic N) is 4. The summed E-state index contributed by atoms with van der Waals surface area (Å²) in [5.41, 5.74) is 1.36. The molecule has 0 bridgehead atoms. The van der Waals surface area contributed by atoms with Crippen LogP contribution >= 0.6 is 0 Å². The van der Waals surface area contributed by atoms with E-state index in [1.807, 2.05) is 30.3 Å². The van der Waals surface area contributed by atoms with Crippen molar-refractivity contribution in [2.75, 3.05) is 7.11 Å². The number of aromatic nitrogens is 3. The molecule has 0 unspecified atom stereocenters. The van der Waals surface area contributed by atoms with Gasteiger partial charge < -0.3 is 4.74 Å². The van der Waals surface area contributed by atoms with Crippen LogP contribution in [0.2, 0.25) is 0 Å². The summed E-state index contributed by atoms with van der Waals surface area (Å²) in [6.45, 7) is 0. The third kappa shape index (κ3) is 3.52. The van der Waals surface area contributed by atoms with Crippen molar-refractivity contribution in [2.45, 2.75) is 6.42 Å². The van der Waals surface area contributed by atoms with Gasteiger partial charge in [0.1, 0.15) is 12.2 Å². The molecule has 25 heavy (non-hydrogen) atoms. The van der Waals surface area contributed by atoms with E-state index < -0.39 is 10.9 Å². The van der Waals surface area contributed by atoms with Gasteiger partial charge >= 0.3 is 5.97 Å². The molecular formula is C17H14N4O4. The average Bonchev–Trinajstić information content (AvgIpc) is 3.06. The van der Waals surface area contributed by atoms with Crippen LogP contribution in [0.5, 0.6) is 0 Å². The van der Waals surface area contributed by atoms with Gasteiger partial charge in [-0.15, -0.1) is 5.10 Å². The van der Waals surface area contributed by atoms with Crippen molar-refractivity contribution < 1.29 is 14.5 Å². The fourth-order valence-corrected chi connectivity index (χ4v) is 2.29. The number of hydrogen-bond donors (Lipinski definition) is 0. The quantitative estimate of drug-likeness (QED) is 0.403. The largest absolute Gasteiger partial charge is 0.469 e. The molecule has 0 aliphatic heterocycles. The Kier molecular flexibility index (Phi) is 4.51. The summed E-state index contributed by atoms with van der Waals surface area (Å²) in [5.74, 6) is 0.365. The van der Waals surface area contributed by atoms with Crippen LogP contribution in [0.3, 0.4) is 0 Å². The number of carbonyl (C=O) groups excluding carboxylic acids is 1. The van der Waals surface area contributed by atoms with Gasteiger partial charge in [-0.2, -0.15) is 0 Å². The summed E-state index contributed by atoms with van der Waals surface area (Å²) in [5, 5.41) is 15.2. The second-order valence-corrected chi connectivity index (χ2v) is 5.16. The lowest BCUT2D eigenvalue weighted by atomic mass is 10.2. The molecule has 126 valence electrons. The number of nitro benzene ring substituents is 1. The monoisotopic (exact) mass is 338 g/mol. The van der Waals surface area contributed by atoms with Crippen LogP contribution < -0.4 is 0 Å². The molecule has 1 heterocycles. The Morgan fingerprint density at radius 2 is 1.84 bits per heavy atom. The third-order valence-corrected chi connectivity index (χ3v) is 3.54. The summed E-state index contributed by atoms with van der Waals surface area (Å²) in [4.78, 5) is 26.3. The average molecular weight is 338 g/mol. The maximum Gasteiger partial charge on any atom is 0.313 e. The maximum absolute atomic E-state index is 11.7. The summed E-state index contributed by atoms with van der Waals surface area (Å²) in [6.07, 6.45) is -0.0363. The third-order valence-electron chi connectivity index (χ3n) is 3.54. The molecule has 0 fully saturated rings. The van der Waals surface area contributed by atoms with Crippen molar-refractivity contribution in [2.24, 2.45) is 0 Å². The molecule has 0 spiro atoms. The predicted octanol–water partition coefficient (Wildman–Crippen LogP) is 2.56. The Hall–Kier alpha value is -3.55.